The largest absolute Gasteiger partial charge is 0.456 e. The SMILES string of the molecule is CCn1cc(C)c(C(=O)Nc2cccc(Oc3ccc4nc(NC=O)nn4c3)c2)c1. The van der Waals surface area contributed by atoms with Crippen molar-refractivity contribution >= 4 is 29.6 Å². The van der Waals surface area contributed by atoms with Crippen LogP contribution < -0.4 is 15.4 Å². The number of aryl methyl sites for hydroxylation is 2. The highest BCUT2D eigenvalue weighted by atomic mass is 16.5. The number of nitrogens with one attached hydrogen (secondary N) is 2. The number of rotatable bonds is 7. The minimum atomic E-state index is -0.170. The molecule has 0 radical (unpaired) electrons. The lowest BCUT2D eigenvalue weighted by molar-refractivity contribution is -0.105. The average Bonchev–Trinajstić information content (AvgIpc) is 3.30. The zero-order chi connectivity index (χ0) is 21.1. The molecule has 9 heteroatoms. The number of nitrogens with zero attached hydrogens (tertiary/aromatic N) is 4. The Kier molecular flexibility index (Phi) is 5.17. The van der Waals surface area contributed by atoms with Gasteiger partial charge in [0.1, 0.15) is 11.5 Å². The minimum Gasteiger partial charge on any atom is -0.456 e. The number of aromatic nitrogens is 4. The zero-order valence-electron chi connectivity index (χ0n) is 16.5. The predicted molar refractivity (Wildman–Crippen MR) is 112 cm³/mol. The second kappa shape index (κ2) is 8.08. The van der Waals surface area contributed by atoms with Gasteiger partial charge < -0.3 is 14.6 Å². The summed E-state index contributed by atoms with van der Waals surface area (Å²) in [5, 5.41) is 9.45. The third-order valence-electron chi connectivity index (χ3n) is 4.51. The quantitative estimate of drug-likeness (QED) is 0.459. The molecule has 0 saturated heterocycles. The number of hydrogen-bond donors (Lipinski definition) is 2. The van der Waals surface area contributed by atoms with E-state index in [1.807, 2.05) is 30.8 Å². The van der Waals surface area contributed by atoms with E-state index in [0.717, 1.165) is 12.1 Å². The number of carbonyl (C=O) groups excluding carboxylic acids is 2. The highest BCUT2D eigenvalue weighted by Gasteiger charge is 2.12. The standard InChI is InChI=1S/C21H20N6O3/c1-3-26-10-14(2)18(12-26)20(29)23-15-5-4-6-16(9-15)30-17-7-8-19-24-21(22-13-28)25-27(19)11-17/h4-13H,3H2,1-2H3,(H,23,29)(H,22,25,28). The van der Waals surface area contributed by atoms with Crippen molar-refractivity contribution in [3.8, 4) is 11.5 Å². The molecule has 3 heterocycles. The number of hydrogen-bond acceptors (Lipinski definition) is 5. The normalized spacial score (nSPS) is 10.7. The van der Waals surface area contributed by atoms with Gasteiger partial charge in [0.05, 0.1) is 11.8 Å². The Bertz CT molecular complexity index is 1230. The molecule has 4 aromatic rings. The first-order valence-electron chi connectivity index (χ1n) is 9.38. The molecule has 9 nitrogen and oxygen atoms in total. The van der Waals surface area contributed by atoms with Gasteiger partial charge in [0.25, 0.3) is 5.91 Å². The predicted octanol–water partition coefficient (Wildman–Crippen LogP) is 3.47. The summed E-state index contributed by atoms with van der Waals surface area (Å²) in [5.41, 5.74) is 2.76. The molecule has 0 saturated carbocycles. The van der Waals surface area contributed by atoms with E-state index in [0.29, 0.717) is 34.8 Å². The van der Waals surface area contributed by atoms with Crippen LogP contribution in [0.5, 0.6) is 11.5 Å². The smallest absolute Gasteiger partial charge is 0.257 e. The fourth-order valence-corrected chi connectivity index (χ4v) is 3.05. The summed E-state index contributed by atoms with van der Waals surface area (Å²) in [6.07, 6.45) is 5.96. The Morgan fingerprint density at radius 2 is 2.03 bits per heavy atom. The molecular formula is C21H20N6O3. The summed E-state index contributed by atoms with van der Waals surface area (Å²) >= 11 is 0. The molecule has 0 aliphatic rings. The number of fused-ring (bicyclic) bond motifs is 1. The van der Waals surface area contributed by atoms with Crippen LogP contribution in [0.3, 0.4) is 0 Å². The molecule has 3 aromatic heterocycles. The Morgan fingerprint density at radius 1 is 1.17 bits per heavy atom. The van der Waals surface area contributed by atoms with E-state index in [1.165, 1.54) is 4.52 Å². The maximum atomic E-state index is 12.6. The summed E-state index contributed by atoms with van der Waals surface area (Å²) < 4.78 is 9.38. The van der Waals surface area contributed by atoms with Gasteiger partial charge >= 0.3 is 0 Å². The third kappa shape index (κ3) is 4.00. The Balaban J connectivity index is 1.50. The van der Waals surface area contributed by atoms with E-state index >= 15 is 0 Å². The first-order chi connectivity index (χ1) is 14.6. The van der Waals surface area contributed by atoms with E-state index in [4.69, 9.17) is 4.74 Å². The molecule has 2 N–H and O–H groups in total. The lowest BCUT2D eigenvalue weighted by Crippen LogP contribution is -2.12. The zero-order valence-corrected chi connectivity index (χ0v) is 16.5. The summed E-state index contributed by atoms with van der Waals surface area (Å²) in [6.45, 7) is 4.75. The van der Waals surface area contributed by atoms with Crippen molar-refractivity contribution in [2.24, 2.45) is 0 Å². The van der Waals surface area contributed by atoms with E-state index in [1.54, 1.807) is 42.6 Å². The van der Waals surface area contributed by atoms with Crippen molar-refractivity contribution in [1.29, 1.82) is 0 Å². The molecule has 152 valence electrons. The molecule has 0 aliphatic carbocycles. The fourth-order valence-electron chi connectivity index (χ4n) is 3.05. The Morgan fingerprint density at radius 3 is 2.80 bits per heavy atom. The first kappa shape index (κ1) is 19.2. The van der Waals surface area contributed by atoms with Gasteiger partial charge in [0, 0.05) is 30.7 Å². The van der Waals surface area contributed by atoms with E-state index < -0.39 is 0 Å². The van der Waals surface area contributed by atoms with Crippen molar-refractivity contribution < 1.29 is 14.3 Å². The summed E-state index contributed by atoms with van der Waals surface area (Å²) in [7, 11) is 0. The molecule has 0 bridgehead atoms. The first-order valence-corrected chi connectivity index (χ1v) is 9.38. The molecule has 30 heavy (non-hydrogen) atoms. The van der Waals surface area contributed by atoms with Crippen LogP contribution in [0, 0.1) is 6.92 Å². The van der Waals surface area contributed by atoms with Crippen LogP contribution in [0.1, 0.15) is 22.8 Å². The number of carbonyl (C=O) groups is 2. The second-order valence-corrected chi connectivity index (χ2v) is 6.63. The van der Waals surface area contributed by atoms with Gasteiger partial charge in [-0.2, -0.15) is 4.98 Å². The van der Waals surface area contributed by atoms with E-state index in [2.05, 4.69) is 20.7 Å². The van der Waals surface area contributed by atoms with Gasteiger partial charge in [-0.25, -0.2) is 4.52 Å². The van der Waals surface area contributed by atoms with Gasteiger partial charge in [-0.1, -0.05) is 6.07 Å². The summed E-state index contributed by atoms with van der Waals surface area (Å²) in [5.74, 6) is 1.13. The van der Waals surface area contributed by atoms with E-state index in [9.17, 15) is 9.59 Å². The summed E-state index contributed by atoms with van der Waals surface area (Å²) in [6, 6.07) is 10.6. The Labute approximate surface area is 172 Å². The van der Waals surface area contributed by atoms with Crippen LogP contribution in [0.2, 0.25) is 0 Å². The van der Waals surface area contributed by atoms with Crippen LogP contribution >= 0.6 is 0 Å². The second-order valence-electron chi connectivity index (χ2n) is 6.63. The van der Waals surface area contributed by atoms with Crippen molar-refractivity contribution in [2.45, 2.75) is 20.4 Å². The highest BCUT2D eigenvalue weighted by Crippen LogP contribution is 2.25. The Hall–Kier alpha value is -4.14. The van der Waals surface area contributed by atoms with Crippen LogP contribution in [0.25, 0.3) is 5.65 Å². The van der Waals surface area contributed by atoms with Crippen LogP contribution in [-0.4, -0.2) is 31.5 Å². The topological polar surface area (TPSA) is 103 Å². The molecule has 2 amide bonds. The monoisotopic (exact) mass is 404 g/mol. The number of anilines is 2. The molecule has 4 rings (SSSR count). The van der Waals surface area contributed by atoms with Crippen molar-refractivity contribution in [1.82, 2.24) is 19.2 Å². The third-order valence-corrected chi connectivity index (χ3v) is 4.51. The van der Waals surface area contributed by atoms with Crippen molar-refractivity contribution in [3.63, 3.8) is 0 Å². The average molecular weight is 404 g/mol. The molecule has 0 spiro atoms. The van der Waals surface area contributed by atoms with Crippen molar-refractivity contribution in [3.05, 3.63) is 66.1 Å². The number of pyridine rings is 1. The van der Waals surface area contributed by atoms with Crippen LogP contribution in [0.4, 0.5) is 11.6 Å². The van der Waals surface area contributed by atoms with E-state index in [-0.39, 0.29) is 11.9 Å². The fraction of sp³-hybridized carbons (Fsp3) is 0.143. The van der Waals surface area contributed by atoms with Gasteiger partial charge in [-0.05, 0) is 43.7 Å². The molecule has 0 aliphatic heterocycles. The lowest BCUT2D eigenvalue weighted by atomic mass is 10.2. The van der Waals surface area contributed by atoms with Crippen LogP contribution in [-0.2, 0) is 11.3 Å². The van der Waals surface area contributed by atoms with Gasteiger partial charge in [-0.15, -0.1) is 5.10 Å². The summed E-state index contributed by atoms with van der Waals surface area (Å²) in [4.78, 5) is 27.3. The van der Waals surface area contributed by atoms with Crippen LogP contribution in [0.15, 0.2) is 55.0 Å². The maximum Gasteiger partial charge on any atom is 0.257 e. The van der Waals surface area contributed by atoms with Gasteiger partial charge in [-0.3, -0.25) is 14.9 Å². The minimum absolute atomic E-state index is 0.170. The maximum absolute atomic E-state index is 12.6. The molecule has 0 unspecified atom stereocenters. The molecular weight excluding hydrogens is 384 g/mol. The van der Waals surface area contributed by atoms with Crippen molar-refractivity contribution in [2.75, 3.05) is 10.6 Å². The van der Waals surface area contributed by atoms with Gasteiger partial charge in [0.2, 0.25) is 12.4 Å². The number of ether oxygens (including phenoxy) is 1. The lowest BCUT2D eigenvalue weighted by Gasteiger charge is -2.09. The highest BCUT2D eigenvalue weighted by molar-refractivity contribution is 6.05. The number of amides is 2. The number of benzene rings is 1. The molecule has 0 atom stereocenters. The molecule has 0 fully saturated rings. The molecule has 1 aromatic carbocycles. The van der Waals surface area contributed by atoms with Gasteiger partial charge in [0.15, 0.2) is 5.65 Å².